The molecule has 2 nitrogen and oxygen atoms in total. The fourth-order valence-electron chi connectivity index (χ4n) is 2.90. The average molecular weight is 281 g/mol. The lowest BCUT2D eigenvalue weighted by Crippen LogP contribution is -2.22. The molecule has 1 aromatic carbocycles. The van der Waals surface area contributed by atoms with Crippen LogP contribution in [-0.2, 0) is 4.79 Å². The number of allylic oxidation sites excluding steroid dienone is 2. The number of carbonyl (C=O) groups is 1. The van der Waals surface area contributed by atoms with E-state index in [0.717, 1.165) is 17.6 Å². The zero-order chi connectivity index (χ0) is 15.9. The van der Waals surface area contributed by atoms with Crippen LogP contribution in [0.2, 0.25) is 0 Å². The number of ketones is 1. The standard InChI is InChI=1S/C19H23NO/c1-11-7-14-13(3)9-16(15(14)8-12(11)2)17(10-20)18(21)19(4,5)6/h7-8,13H,9H2,1-6H3. The molecule has 21 heavy (non-hydrogen) atoms. The molecule has 2 heteroatoms. The molecule has 1 unspecified atom stereocenters. The molecule has 0 N–H and O–H groups in total. The first kappa shape index (κ1) is 15.5. The van der Waals surface area contributed by atoms with Crippen LogP contribution < -0.4 is 0 Å². The van der Waals surface area contributed by atoms with Crippen LogP contribution in [0, 0.1) is 30.6 Å². The van der Waals surface area contributed by atoms with Crippen molar-refractivity contribution in [3.05, 3.63) is 40.0 Å². The molecule has 1 atom stereocenters. The van der Waals surface area contributed by atoms with E-state index >= 15 is 0 Å². The monoisotopic (exact) mass is 281 g/mol. The van der Waals surface area contributed by atoms with Crippen LogP contribution in [0.15, 0.2) is 17.7 Å². The molecule has 0 aliphatic heterocycles. The van der Waals surface area contributed by atoms with Crippen LogP contribution in [0.5, 0.6) is 0 Å². The molecule has 1 aliphatic rings. The summed E-state index contributed by atoms with van der Waals surface area (Å²) in [6, 6.07) is 6.52. The Morgan fingerprint density at radius 1 is 1.24 bits per heavy atom. The summed E-state index contributed by atoms with van der Waals surface area (Å²) in [5.41, 5.74) is 5.59. The van der Waals surface area contributed by atoms with Gasteiger partial charge in [0.05, 0.1) is 5.57 Å². The largest absolute Gasteiger partial charge is 0.293 e. The first-order chi connectivity index (χ1) is 9.66. The van der Waals surface area contributed by atoms with Crippen molar-refractivity contribution in [2.75, 3.05) is 0 Å². The molecule has 1 aliphatic carbocycles. The highest BCUT2D eigenvalue weighted by atomic mass is 16.1. The van der Waals surface area contributed by atoms with Gasteiger partial charge in [-0.3, -0.25) is 4.79 Å². The van der Waals surface area contributed by atoms with Crippen molar-refractivity contribution in [1.29, 1.82) is 5.26 Å². The predicted octanol–water partition coefficient (Wildman–Crippen LogP) is 4.70. The number of aryl methyl sites for hydroxylation is 2. The fraction of sp³-hybridized carbons (Fsp3) is 0.474. The second kappa shape index (κ2) is 5.15. The lowest BCUT2D eigenvalue weighted by atomic mass is 9.83. The van der Waals surface area contributed by atoms with Gasteiger partial charge >= 0.3 is 0 Å². The highest BCUT2D eigenvalue weighted by Gasteiger charge is 2.32. The van der Waals surface area contributed by atoms with Gasteiger partial charge in [0.25, 0.3) is 0 Å². The normalized spacial score (nSPS) is 20.0. The van der Waals surface area contributed by atoms with Crippen LogP contribution in [0.4, 0.5) is 0 Å². The molecule has 0 radical (unpaired) electrons. The Labute approximate surface area is 127 Å². The summed E-state index contributed by atoms with van der Waals surface area (Å²) in [7, 11) is 0. The van der Waals surface area contributed by atoms with E-state index < -0.39 is 5.41 Å². The highest BCUT2D eigenvalue weighted by molar-refractivity contribution is 6.09. The van der Waals surface area contributed by atoms with Crippen LogP contribution >= 0.6 is 0 Å². The van der Waals surface area contributed by atoms with Crippen LogP contribution in [0.1, 0.15) is 62.3 Å². The molecule has 0 fully saturated rings. The number of hydrogen-bond donors (Lipinski definition) is 0. The second-order valence-electron chi connectivity index (χ2n) is 7.17. The number of benzene rings is 1. The average Bonchev–Trinajstić information content (AvgIpc) is 2.67. The Morgan fingerprint density at radius 2 is 1.81 bits per heavy atom. The number of nitrogens with zero attached hydrogens (tertiary/aromatic N) is 1. The number of rotatable bonds is 1. The minimum atomic E-state index is -0.524. The molecule has 0 heterocycles. The van der Waals surface area contributed by atoms with Crippen LogP contribution in [0.25, 0.3) is 5.57 Å². The summed E-state index contributed by atoms with van der Waals surface area (Å²) in [5, 5.41) is 9.53. The molecule has 1 aromatic rings. The van der Waals surface area contributed by atoms with E-state index in [4.69, 9.17) is 0 Å². The van der Waals surface area contributed by atoms with E-state index in [0.29, 0.717) is 11.5 Å². The van der Waals surface area contributed by atoms with E-state index in [-0.39, 0.29) is 5.78 Å². The zero-order valence-electron chi connectivity index (χ0n) is 13.8. The third-order valence-electron chi connectivity index (χ3n) is 4.35. The van der Waals surface area contributed by atoms with Crippen LogP contribution in [-0.4, -0.2) is 5.78 Å². The third-order valence-corrected chi connectivity index (χ3v) is 4.35. The number of nitriles is 1. The Morgan fingerprint density at radius 3 is 2.33 bits per heavy atom. The number of hydrogen-bond acceptors (Lipinski definition) is 2. The minimum absolute atomic E-state index is 0.0571. The maximum atomic E-state index is 12.6. The van der Waals surface area contributed by atoms with Crippen molar-refractivity contribution in [2.45, 2.75) is 53.9 Å². The smallest absolute Gasteiger partial charge is 0.178 e. The number of carbonyl (C=O) groups excluding carboxylic acids is 1. The van der Waals surface area contributed by atoms with Gasteiger partial charge in [0, 0.05) is 5.41 Å². The van der Waals surface area contributed by atoms with Gasteiger partial charge in [-0.2, -0.15) is 5.26 Å². The summed E-state index contributed by atoms with van der Waals surface area (Å²) >= 11 is 0. The zero-order valence-corrected chi connectivity index (χ0v) is 13.8. The molecule has 0 bridgehead atoms. The SMILES string of the molecule is Cc1cc2c(cc1C)C(C)CC2=C(C#N)C(=O)C(C)(C)C. The first-order valence-corrected chi connectivity index (χ1v) is 7.46. The summed E-state index contributed by atoms with van der Waals surface area (Å²) < 4.78 is 0. The van der Waals surface area contributed by atoms with Gasteiger partial charge in [-0.25, -0.2) is 0 Å². The third kappa shape index (κ3) is 2.65. The van der Waals surface area contributed by atoms with Gasteiger partial charge in [0.15, 0.2) is 5.78 Å². The van der Waals surface area contributed by atoms with Crippen molar-refractivity contribution in [3.63, 3.8) is 0 Å². The molecule has 2 rings (SSSR count). The predicted molar refractivity (Wildman–Crippen MR) is 85.9 cm³/mol. The van der Waals surface area contributed by atoms with E-state index in [9.17, 15) is 10.1 Å². The lowest BCUT2D eigenvalue weighted by Gasteiger charge is -2.17. The fourth-order valence-corrected chi connectivity index (χ4v) is 2.90. The van der Waals surface area contributed by atoms with Crippen molar-refractivity contribution in [3.8, 4) is 6.07 Å². The second-order valence-corrected chi connectivity index (χ2v) is 7.17. The maximum absolute atomic E-state index is 12.6. The lowest BCUT2D eigenvalue weighted by molar-refractivity contribution is -0.122. The molecule has 0 saturated heterocycles. The Kier molecular flexibility index (Phi) is 3.80. The molecule has 0 amide bonds. The van der Waals surface area contributed by atoms with Gasteiger partial charge in [0.1, 0.15) is 6.07 Å². The Balaban J connectivity index is 2.68. The molecular formula is C19H23NO. The van der Waals surface area contributed by atoms with Crippen molar-refractivity contribution in [1.82, 2.24) is 0 Å². The Hall–Kier alpha value is -1.88. The minimum Gasteiger partial charge on any atom is -0.293 e. The molecular weight excluding hydrogens is 258 g/mol. The van der Waals surface area contributed by atoms with Gasteiger partial charge < -0.3 is 0 Å². The van der Waals surface area contributed by atoms with E-state index in [1.165, 1.54) is 16.7 Å². The molecule has 110 valence electrons. The number of Topliss-reactive ketones (excluding diaryl/α,β-unsaturated/α-hetero) is 1. The quantitative estimate of drug-likeness (QED) is 0.553. The highest BCUT2D eigenvalue weighted by Crippen LogP contribution is 2.44. The van der Waals surface area contributed by atoms with E-state index in [1.54, 1.807) is 0 Å². The van der Waals surface area contributed by atoms with Gasteiger partial charge in [-0.15, -0.1) is 0 Å². The van der Waals surface area contributed by atoms with Crippen molar-refractivity contribution in [2.24, 2.45) is 5.41 Å². The summed E-state index contributed by atoms with van der Waals surface area (Å²) in [6.07, 6.45) is 0.781. The topological polar surface area (TPSA) is 40.9 Å². The van der Waals surface area contributed by atoms with E-state index in [2.05, 4.69) is 39.0 Å². The van der Waals surface area contributed by atoms with E-state index in [1.807, 2.05) is 20.8 Å². The Bertz CT molecular complexity index is 681. The van der Waals surface area contributed by atoms with Crippen LogP contribution in [0.3, 0.4) is 0 Å². The van der Waals surface area contributed by atoms with Gasteiger partial charge in [0.2, 0.25) is 0 Å². The van der Waals surface area contributed by atoms with Crippen molar-refractivity contribution >= 4 is 11.4 Å². The summed E-state index contributed by atoms with van der Waals surface area (Å²) in [6.45, 7) is 12.0. The first-order valence-electron chi connectivity index (χ1n) is 7.46. The van der Waals surface area contributed by atoms with Gasteiger partial charge in [-0.1, -0.05) is 39.8 Å². The van der Waals surface area contributed by atoms with Crippen molar-refractivity contribution < 1.29 is 4.79 Å². The molecule has 0 saturated carbocycles. The van der Waals surface area contributed by atoms with Gasteiger partial charge in [-0.05, 0) is 54.0 Å². The molecule has 0 spiro atoms. The number of fused-ring (bicyclic) bond motifs is 1. The summed E-state index contributed by atoms with van der Waals surface area (Å²) in [4.78, 5) is 12.6. The maximum Gasteiger partial charge on any atom is 0.178 e. The summed E-state index contributed by atoms with van der Waals surface area (Å²) in [5.74, 6) is 0.309. The molecule has 0 aromatic heterocycles.